The first kappa shape index (κ1) is 18.7. The fraction of sp³-hybridized carbons (Fsp3) is 0.286. The number of hydrogen-bond acceptors (Lipinski definition) is 5. The number of halogens is 1. The van der Waals surface area contributed by atoms with Crippen molar-refractivity contribution in [2.45, 2.75) is 31.6 Å². The number of benzene rings is 1. The first-order valence-electron chi connectivity index (χ1n) is 9.80. The third kappa shape index (κ3) is 2.87. The normalized spacial score (nSPS) is 19.5. The molecule has 5 rings (SSSR count). The van der Waals surface area contributed by atoms with E-state index in [2.05, 4.69) is 9.97 Å². The molecule has 1 fully saturated rings. The van der Waals surface area contributed by atoms with Crippen molar-refractivity contribution in [1.82, 2.24) is 19.4 Å². The molecule has 1 aromatic carbocycles. The number of phenolic OH excluding ortho intramolecular Hbond substituents is 1. The van der Waals surface area contributed by atoms with Crippen LogP contribution in [0, 0.1) is 5.92 Å². The Morgan fingerprint density at radius 1 is 1.27 bits per heavy atom. The molecule has 3 heterocycles. The molecule has 30 heavy (non-hydrogen) atoms. The quantitative estimate of drug-likeness (QED) is 0.389. The Bertz CT molecular complexity index is 1250. The number of carbonyl (C=O) groups is 1. The highest BCUT2D eigenvalue weighted by atomic mass is 35.5. The second kappa shape index (κ2) is 6.91. The maximum Gasteiger partial charge on any atom is 0.306 e. The molecule has 0 amide bonds. The fourth-order valence-corrected chi connectivity index (χ4v) is 4.67. The molecule has 0 aliphatic heterocycles. The van der Waals surface area contributed by atoms with E-state index in [0.29, 0.717) is 51.5 Å². The number of nitrogen functional groups attached to an aromatic ring is 1. The van der Waals surface area contributed by atoms with Crippen LogP contribution in [0.2, 0.25) is 5.02 Å². The standard InChI is InChI=1S/C21H20ClN5O3/c22-13-5-6-15(28)12-9-14(25-16(12)13)17-18-19(23)24-7-8-27(18)20(26-17)10-1-3-11(4-2-10)21(29)30/h5-11,25,28H,1-4H2,(H2,23,24)(H,29,30)/t10-,11-. The van der Waals surface area contributed by atoms with Gasteiger partial charge in [-0.1, -0.05) is 11.6 Å². The number of carboxylic acids is 1. The van der Waals surface area contributed by atoms with Crippen LogP contribution < -0.4 is 5.73 Å². The molecule has 154 valence electrons. The zero-order valence-electron chi connectivity index (χ0n) is 16.0. The van der Waals surface area contributed by atoms with Gasteiger partial charge in [-0.25, -0.2) is 9.97 Å². The molecule has 0 spiro atoms. The average molecular weight is 426 g/mol. The van der Waals surface area contributed by atoms with Crippen LogP contribution in [0.3, 0.4) is 0 Å². The van der Waals surface area contributed by atoms with Gasteiger partial charge in [0.05, 0.1) is 22.2 Å². The predicted octanol–water partition coefficient (Wildman–Crippen LogP) is 4.18. The zero-order valence-corrected chi connectivity index (χ0v) is 16.7. The number of rotatable bonds is 3. The molecular weight excluding hydrogens is 406 g/mol. The second-order valence-electron chi connectivity index (χ2n) is 7.77. The first-order chi connectivity index (χ1) is 14.4. The lowest BCUT2D eigenvalue weighted by Crippen LogP contribution is -2.21. The van der Waals surface area contributed by atoms with Crippen LogP contribution >= 0.6 is 11.6 Å². The van der Waals surface area contributed by atoms with Gasteiger partial charge in [0.2, 0.25) is 0 Å². The monoisotopic (exact) mass is 425 g/mol. The van der Waals surface area contributed by atoms with Gasteiger partial charge in [-0.05, 0) is 43.9 Å². The molecule has 0 unspecified atom stereocenters. The predicted molar refractivity (Wildman–Crippen MR) is 114 cm³/mol. The van der Waals surface area contributed by atoms with Crippen LogP contribution in [0.5, 0.6) is 5.75 Å². The molecule has 3 aromatic heterocycles. The number of carboxylic acid groups (broad SMARTS) is 1. The minimum Gasteiger partial charge on any atom is -0.507 e. The van der Waals surface area contributed by atoms with Gasteiger partial charge >= 0.3 is 5.97 Å². The number of imidazole rings is 1. The van der Waals surface area contributed by atoms with Crippen molar-refractivity contribution in [1.29, 1.82) is 0 Å². The van der Waals surface area contributed by atoms with Crippen LogP contribution in [0.25, 0.3) is 27.8 Å². The molecule has 0 atom stereocenters. The van der Waals surface area contributed by atoms with Gasteiger partial charge in [0.15, 0.2) is 0 Å². The highest BCUT2D eigenvalue weighted by Crippen LogP contribution is 2.40. The third-order valence-corrected chi connectivity index (χ3v) is 6.34. The molecule has 1 saturated carbocycles. The van der Waals surface area contributed by atoms with E-state index in [1.807, 2.05) is 10.6 Å². The van der Waals surface area contributed by atoms with Gasteiger partial charge < -0.3 is 20.9 Å². The molecule has 1 aliphatic rings. The van der Waals surface area contributed by atoms with E-state index in [1.165, 1.54) is 0 Å². The highest BCUT2D eigenvalue weighted by molar-refractivity contribution is 6.35. The van der Waals surface area contributed by atoms with E-state index in [-0.39, 0.29) is 17.6 Å². The highest BCUT2D eigenvalue weighted by Gasteiger charge is 2.30. The van der Waals surface area contributed by atoms with Crippen molar-refractivity contribution in [3.05, 3.63) is 41.4 Å². The number of fused-ring (bicyclic) bond motifs is 2. The lowest BCUT2D eigenvalue weighted by atomic mass is 9.81. The summed E-state index contributed by atoms with van der Waals surface area (Å²) < 4.78 is 1.94. The zero-order chi connectivity index (χ0) is 21.0. The van der Waals surface area contributed by atoms with Crippen molar-refractivity contribution < 1.29 is 15.0 Å². The van der Waals surface area contributed by atoms with Gasteiger partial charge in [-0.2, -0.15) is 0 Å². The largest absolute Gasteiger partial charge is 0.507 e. The summed E-state index contributed by atoms with van der Waals surface area (Å²) in [6.07, 6.45) is 6.21. The molecular formula is C21H20ClN5O3. The summed E-state index contributed by atoms with van der Waals surface area (Å²) in [5.74, 6) is 0.415. The number of nitrogens with zero attached hydrogens (tertiary/aromatic N) is 3. The molecule has 0 saturated heterocycles. The number of aromatic hydroxyl groups is 1. The molecule has 9 heteroatoms. The van der Waals surface area contributed by atoms with E-state index in [9.17, 15) is 15.0 Å². The summed E-state index contributed by atoms with van der Waals surface area (Å²) in [6, 6.07) is 4.99. The summed E-state index contributed by atoms with van der Waals surface area (Å²) in [7, 11) is 0. The average Bonchev–Trinajstić information content (AvgIpc) is 3.34. The molecule has 5 N–H and O–H groups in total. The Hall–Kier alpha value is -3.26. The summed E-state index contributed by atoms with van der Waals surface area (Å²) in [5.41, 5.74) is 8.82. The van der Waals surface area contributed by atoms with Gasteiger partial charge in [-0.15, -0.1) is 0 Å². The van der Waals surface area contributed by atoms with Crippen molar-refractivity contribution in [2.24, 2.45) is 5.92 Å². The Morgan fingerprint density at radius 2 is 2.03 bits per heavy atom. The van der Waals surface area contributed by atoms with Gasteiger partial charge in [0.25, 0.3) is 0 Å². The Balaban J connectivity index is 1.65. The summed E-state index contributed by atoms with van der Waals surface area (Å²) in [6.45, 7) is 0. The number of nitrogens with one attached hydrogen (secondary N) is 1. The van der Waals surface area contributed by atoms with E-state index in [1.54, 1.807) is 24.4 Å². The van der Waals surface area contributed by atoms with E-state index >= 15 is 0 Å². The van der Waals surface area contributed by atoms with E-state index in [0.717, 1.165) is 18.7 Å². The molecule has 0 bridgehead atoms. The Morgan fingerprint density at radius 3 is 2.73 bits per heavy atom. The van der Waals surface area contributed by atoms with Crippen LogP contribution in [0.4, 0.5) is 5.82 Å². The third-order valence-electron chi connectivity index (χ3n) is 6.03. The Kier molecular flexibility index (Phi) is 4.32. The summed E-state index contributed by atoms with van der Waals surface area (Å²) >= 11 is 6.29. The second-order valence-corrected chi connectivity index (χ2v) is 8.18. The minimum atomic E-state index is -0.731. The maximum absolute atomic E-state index is 11.3. The number of aromatic amines is 1. The van der Waals surface area contributed by atoms with Crippen LogP contribution in [0.1, 0.15) is 37.4 Å². The first-order valence-corrected chi connectivity index (χ1v) is 10.2. The van der Waals surface area contributed by atoms with E-state index in [4.69, 9.17) is 22.3 Å². The number of hydrogen-bond donors (Lipinski definition) is 4. The van der Waals surface area contributed by atoms with Gasteiger partial charge in [0, 0.05) is 23.7 Å². The van der Waals surface area contributed by atoms with Crippen molar-refractivity contribution in [3.63, 3.8) is 0 Å². The van der Waals surface area contributed by atoms with E-state index < -0.39 is 5.97 Å². The molecule has 8 nitrogen and oxygen atoms in total. The summed E-state index contributed by atoms with van der Waals surface area (Å²) in [4.78, 5) is 23.7. The number of anilines is 1. The number of aliphatic carboxylic acids is 1. The smallest absolute Gasteiger partial charge is 0.306 e. The van der Waals surface area contributed by atoms with Gasteiger partial charge in [0.1, 0.15) is 28.6 Å². The lowest BCUT2D eigenvalue weighted by molar-refractivity contribution is -0.142. The number of H-pyrrole nitrogens is 1. The number of phenols is 1. The van der Waals surface area contributed by atoms with Crippen LogP contribution in [-0.2, 0) is 4.79 Å². The topological polar surface area (TPSA) is 130 Å². The lowest BCUT2D eigenvalue weighted by Gasteiger charge is -2.25. The van der Waals surface area contributed by atoms with Crippen molar-refractivity contribution in [3.8, 4) is 17.1 Å². The number of nitrogens with two attached hydrogens (primary N) is 1. The molecule has 0 radical (unpaired) electrons. The maximum atomic E-state index is 11.3. The van der Waals surface area contributed by atoms with Crippen molar-refractivity contribution >= 4 is 39.8 Å². The van der Waals surface area contributed by atoms with Crippen LogP contribution in [-0.4, -0.2) is 35.5 Å². The Labute approximate surface area is 176 Å². The molecule has 1 aliphatic carbocycles. The van der Waals surface area contributed by atoms with Crippen molar-refractivity contribution in [2.75, 3.05) is 5.73 Å². The van der Waals surface area contributed by atoms with Gasteiger partial charge in [-0.3, -0.25) is 9.20 Å². The number of aromatic nitrogens is 4. The SMILES string of the molecule is Nc1nccn2c1c(-c1cc3c(O)ccc(Cl)c3[nH]1)nc2[C@H]1CC[C@H](C(=O)O)CC1. The molecule has 4 aromatic rings. The van der Waals surface area contributed by atoms with Crippen LogP contribution in [0.15, 0.2) is 30.6 Å². The minimum absolute atomic E-state index is 0.124. The fourth-order valence-electron chi connectivity index (χ4n) is 4.46. The summed E-state index contributed by atoms with van der Waals surface area (Å²) in [5, 5.41) is 20.6.